The number of rotatable bonds is 0. The predicted molar refractivity (Wildman–Crippen MR) is 42.7 cm³/mol. The molecule has 4 nitrogen and oxygen atoms in total. The molecule has 3 rings (SSSR count). The quantitative estimate of drug-likeness (QED) is 0.485. The van der Waals surface area contributed by atoms with Gasteiger partial charge in [0.05, 0.1) is 24.0 Å². The maximum atomic E-state index is 11.6. The molecule has 13 heavy (non-hydrogen) atoms. The van der Waals surface area contributed by atoms with Crippen molar-refractivity contribution in [2.75, 3.05) is 7.05 Å². The van der Waals surface area contributed by atoms with Crippen LogP contribution in [0, 0.1) is 11.8 Å². The van der Waals surface area contributed by atoms with Crippen LogP contribution in [-0.2, 0) is 14.3 Å². The second-order valence-electron chi connectivity index (χ2n) is 4.08. The summed E-state index contributed by atoms with van der Waals surface area (Å²) in [7, 11) is 1.57. The molecule has 3 aliphatic rings. The molecule has 4 heteroatoms. The van der Waals surface area contributed by atoms with Gasteiger partial charge in [-0.3, -0.25) is 14.5 Å². The first-order valence-electron chi connectivity index (χ1n) is 4.67. The van der Waals surface area contributed by atoms with Crippen LogP contribution in [0.4, 0.5) is 0 Å². The Morgan fingerprint density at radius 2 is 1.62 bits per heavy atom. The highest BCUT2D eigenvalue weighted by Gasteiger charge is 2.61. The van der Waals surface area contributed by atoms with Crippen molar-refractivity contribution >= 4 is 11.8 Å². The summed E-state index contributed by atoms with van der Waals surface area (Å²) in [6.07, 6.45) is 1.94. The van der Waals surface area contributed by atoms with Crippen molar-refractivity contribution in [3.05, 3.63) is 0 Å². The topological polar surface area (TPSA) is 46.6 Å². The molecule has 0 unspecified atom stereocenters. The van der Waals surface area contributed by atoms with Crippen molar-refractivity contribution in [2.24, 2.45) is 11.8 Å². The number of hydrogen-bond donors (Lipinski definition) is 0. The minimum atomic E-state index is -0.156. The number of nitrogens with zero attached hydrogens (tertiary/aromatic N) is 1. The Hall–Kier alpha value is -0.900. The molecule has 0 aliphatic carbocycles. The molecular formula is C9H11NO3. The van der Waals surface area contributed by atoms with E-state index in [4.69, 9.17) is 4.74 Å². The smallest absolute Gasteiger partial charge is 0.235 e. The summed E-state index contributed by atoms with van der Waals surface area (Å²) in [5, 5.41) is 0. The van der Waals surface area contributed by atoms with Crippen molar-refractivity contribution in [2.45, 2.75) is 25.0 Å². The third kappa shape index (κ3) is 0.705. The van der Waals surface area contributed by atoms with Crippen LogP contribution >= 0.6 is 0 Å². The number of carbonyl (C=O) groups excluding carboxylic acids is 2. The first kappa shape index (κ1) is 7.50. The van der Waals surface area contributed by atoms with Gasteiger partial charge in [0.1, 0.15) is 0 Å². The third-order valence-corrected chi connectivity index (χ3v) is 3.50. The summed E-state index contributed by atoms with van der Waals surface area (Å²) >= 11 is 0. The van der Waals surface area contributed by atoms with Gasteiger partial charge in [-0.05, 0) is 12.8 Å². The zero-order valence-electron chi connectivity index (χ0n) is 7.40. The Labute approximate surface area is 75.8 Å². The van der Waals surface area contributed by atoms with Crippen molar-refractivity contribution in [3.63, 3.8) is 0 Å². The Balaban J connectivity index is 2.03. The molecule has 3 aliphatic heterocycles. The average molecular weight is 181 g/mol. The van der Waals surface area contributed by atoms with Gasteiger partial charge >= 0.3 is 0 Å². The standard InChI is InChI=1S/C9H11NO3/c1-10-8(11)6-4-2-3-5(13-4)7(6)9(10)12/h4-7H,2-3H2,1H3/t4-,5+,6-,7-/m0/s1. The van der Waals surface area contributed by atoms with E-state index in [9.17, 15) is 9.59 Å². The zero-order chi connectivity index (χ0) is 9.16. The molecule has 2 bridgehead atoms. The van der Waals surface area contributed by atoms with E-state index in [1.807, 2.05) is 0 Å². The van der Waals surface area contributed by atoms with Crippen LogP contribution in [-0.4, -0.2) is 36.0 Å². The van der Waals surface area contributed by atoms with Crippen LogP contribution in [0.5, 0.6) is 0 Å². The van der Waals surface area contributed by atoms with E-state index in [0.29, 0.717) is 0 Å². The lowest BCUT2D eigenvalue weighted by atomic mass is 9.81. The van der Waals surface area contributed by atoms with Crippen molar-refractivity contribution in [1.29, 1.82) is 0 Å². The van der Waals surface area contributed by atoms with E-state index >= 15 is 0 Å². The van der Waals surface area contributed by atoms with E-state index in [1.165, 1.54) is 4.90 Å². The number of hydrogen-bond acceptors (Lipinski definition) is 3. The fourth-order valence-corrected chi connectivity index (χ4v) is 2.86. The van der Waals surface area contributed by atoms with Gasteiger partial charge in [-0.15, -0.1) is 0 Å². The highest BCUT2D eigenvalue weighted by molar-refractivity contribution is 6.06. The van der Waals surface area contributed by atoms with Gasteiger partial charge in [-0.2, -0.15) is 0 Å². The van der Waals surface area contributed by atoms with Gasteiger partial charge in [-0.1, -0.05) is 0 Å². The number of likely N-dealkylation sites (tertiary alicyclic amines) is 1. The van der Waals surface area contributed by atoms with E-state index < -0.39 is 0 Å². The van der Waals surface area contributed by atoms with E-state index in [-0.39, 0.29) is 35.9 Å². The highest BCUT2D eigenvalue weighted by Crippen LogP contribution is 2.47. The Bertz CT molecular complexity index is 273. The second kappa shape index (κ2) is 2.12. The molecular weight excluding hydrogens is 170 g/mol. The van der Waals surface area contributed by atoms with Crippen molar-refractivity contribution in [3.8, 4) is 0 Å². The zero-order valence-corrected chi connectivity index (χ0v) is 7.40. The Morgan fingerprint density at radius 1 is 1.15 bits per heavy atom. The van der Waals surface area contributed by atoms with Crippen LogP contribution in [0.15, 0.2) is 0 Å². The number of ether oxygens (including phenoxy) is 1. The molecule has 2 amide bonds. The lowest BCUT2D eigenvalue weighted by molar-refractivity contribution is -0.140. The Kier molecular flexibility index (Phi) is 1.22. The molecule has 0 radical (unpaired) electrons. The molecule has 3 heterocycles. The van der Waals surface area contributed by atoms with Gasteiger partial charge in [0, 0.05) is 7.05 Å². The van der Waals surface area contributed by atoms with Crippen LogP contribution in [0.25, 0.3) is 0 Å². The van der Waals surface area contributed by atoms with Gasteiger partial charge in [0.15, 0.2) is 0 Å². The number of carbonyl (C=O) groups is 2. The molecule has 3 fully saturated rings. The molecule has 0 aromatic heterocycles. The van der Waals surface area contributed by atoms with Gasteiger partial charge in [0.2, 0.25) is 11.8 Å². The monoisotopic (exact) mass is 181 g/mol. The van der Waals surface area contributed by atoms with Gasteiger partial charge in [0.25, 0.3) is 0 Å². The minimum absolute atomic E-state index is 0.0244. The largest absolute Gasteiger partial charge is 0.373 e. The third-order valence-electron chi connectivity index (χ3n) is 3.50. The fourth-order valence-electron chi connectivity index (χ4n) is 2.86. The number of fused-ring (bicyclic) bond motifs is 5. The second-order valence-corrected chi connectivity index (χ2v) is 4.08. The summed E-state index contributed by atoms with van der Waals surface area (Å²) in [6.45, 7) is 0. The molecule has 0 aromatic carbocycles. The average Bonchev–Trinajstić information content (AvgIpc) is 2.76. The van der Waals surface area contributed by atoms with Gasteiger partial charge in [-0.25, -0.2) is 0 Å². The number of imide groups is 1. The molecule has 4 atom stereocenters. The summed E-state index contributed by atoms with van der Waals surface area (Å²) < 4.78 is 5.56. The minimum Gasteiger partial charge on any atom is -0.373 e. The highest BCUT2D eigenvalue weighted by atomic mass is 16.5. The van der Waals surface area contributed by atoms with Gasteiger partial charge < -0.3 is 4.74 Å². The lowest BCUT2D eigenvalue weighted by Gasteiger charge is -2.15. The maximum absolute atomic E-state index is 11.6. The van der Waals surface area contributed by atoms with E-state index in [0.717, 1.165) is 12.8 Å². The van der Waals surface area contributed by atoms with Crippen molar-refractivity contribution in [1.82, 2.24) is 4.90 Å². The first-order valence-corrected chi connectivity index (χ1v) is 4.67. The van der Waals surface area contributed by atoms with Crippen LogP contribution in [0.2, 0.25) is 0 Å². The van der Waals surface area contributed by atoms with Crippen LogP contribution in [0.1, 0.15) is 12.8 Å². The number of amides is 2. The van der Waals surface area contributed by atoms with E-state index in [2.05, 4.69) is 0 Å². The molecule has 0 aromatic rings. The predicted octanol–water partition coefficient (Wildman–Crippen LogP) is -0.221. The summed E-state index contributed by atoms with van der Waals surface area (Å²) in [5.41, 5.74) is 0. The normalized spacial score (nSPS) is 47.6. The molecule has 70 valence electrons. The summed E-state index contributed by atoms with van der Waals surface area (Å²) in [6, 6.07) is 0. The lowest BCUT2D eigenvalue weighted by Crippen LogP contribution is -2.30. The SMILES string of the molecule is CN1C(=O)[C@@H]2[C@@H](C1=O)[C@H]1CC[C@@H]2O1. The maximum Gasteiger partial charge on any atom is 0.235 e. The van der Waals surface area contributed by atoms with Crippen molar-refractivity contribution < 1.29 is 14.3 Å². The molecule has 0 N–H and O–H groups in total. The van der Waals surface area contributed by atoms with Crippen LogP contribution < -0.4 is 0 Å². The fraction of sp³-hybridized carbons (Fsp3) is 0.778. The molecule has 3 saturated heterocycles. The first-order chi connectivity index (χ1) is 6.20. The van der Waals surface area contributed by atoms with E-state index in [1.54, 1.807) is 7.05 Å². The van der Waals surface area contributed by atoms with Crippen LogP contribution in [0.3, 0.4) is 0 Å². The molecule has 0 spiro atoms. The summed E-state index contributed by atoms with van der Waals surface area (Å²) in [4.78, 5) is 24.5. The molecule has 0 saturated carbocycles. The Morgan fingerprint density at radius 3 is 2.08 bits per heavy atom. The summed E-state index contributed by atoms with van der Waals surface area (Å²) in [5.74, 6) is -0.392.